The fourth-order valence-electron chi connectivity index (χ4n) is 2.60. The number of aliphatic hydroxyl groups excluding tert-OH is 1. The highest BCUT2D eigenvalue weighted by atomic mass is 32.2. The smallest absolute Gasteiger partial charge is 0.0624 e. The average Bonchev–Trinajstić information content (AvgIpc) is 3.23. The highest BCUT2D eigenvalue weighted by Gasteiger charge is 2.44. The predicted molar refractivity (Wildman–Crippen MR) is 82.9 cm³/mol. The van der Waals surface area contributed by atoms with Crippen molar-refractivity contribution in [2.24, 2.45) is 5.92 Å². The first-order chi connectivity index (χ1) is 9.11. The lowest BCUT2D eigenvalue weighted by Crippen LogP contribution is -2.52. The van der Waals surface area contributed by atoms with Gasteiger partial charge in [-0.3, -0.25) is 0 Å². The van der Waals surface area contributed by atoms with Gasteiger partial charge in [-0.25, -0.2) is 0 Å². The van der Waals surface area contributed by atoms with Crippen LogP contribution in [0.1, 0.15) is 30.9 Å². The van der Waals surface area contributed by atoms with Gasteiger partial charge in [0.25, 0.3) is 0 Å². The van der Waals surface area contributed by atoms with E-state index in [0.717, 1.165) is 12.3 Å². The molecule has 2 rings (SSSR count). The lowest BCUT2D eigenvalue weighted by molar-refractivity contribution is 0.161. The number of likely N-dealkylation sites (N-methyl/N-ethyl adjacent to an activating group) is 1. The summed E-state index contributed by atoms with van der Waals surface area (Å²) in [6.07, 6.45) is 2.50. The van der Waals surface area contributed by atoms with E-state index in [1.165, 1.54) is 28.9 Å². The van der Waals surface area contributed by atoms with Gasteiger partial charge in [0, 0.05) is 10.6 Å². The van der Waals surface area contributed by atoms with Gasteiger partial charge in [0.05, 0.1) is 12.1 Å². The Morgan fingerprint density at radius 2 is 2.11 bits per heavy atom. The van der Waals surface area contributed by atoms with E-state index in [1.54, 1.807) is 0 Å². The van der Waals surface area contributed by atoms with Gasteiger partial charge in [0.2, 0.25) is 0 Å². The molecule has 1 atom stereocenters. The first kappa shape index (κ1) is 14.9. The van der Waals surface area contributed by atoms with Crippen LogP contribution in [-0.2, 0) is 0 Å². The average molecular weight is 279 g/mol. The van der Waals surface area contributed by atoms with Crippen molar-refractivity contribution in [2.75, 3.05) is 18.9 Å². The molecule has 2 N–H and O–H groups in total. The highest BCUT2D eigenvalue weighted by molar-refractivity contribution is 7.99. The van der Waals surface area contributed by atoms with Crippen LogP contribution in [0.15, 0.2) is 23.1 Å². The number of benzene rings is 1. The van der Waals surface area contributed by atoms with Crippen LogP contribution in [0.25, 0.3) is 0 Å². The molecule has 2 nitrogen and oxygen atoms in total. The van der Waals surface area contributed by atoms with Gasteiger partial charge in [-0.05, 0) is 50.8 Å². The second-order valence-corrected chi connectivity index (χ2v) is 6.69. The molecule has 0 saturated heterocycles. The first-order valence-electron chi connectivity index (χ1n) is 7.17. The fraction of sp³-hybridized carbons (Fsp3) is 0.625. The van der Waals surface area contributed by atoms with Crippen LogP contribution in [0.3, 0.4) is 0 Å². The molecule has 0 aromatic heterocycles. The molecule has 0 bridgehead atoms. The van der Waals surface area contributed by atoms with Crippen molar-refractivity contribution in [3.63, 3.8) is 0 Å². The van der Waals surface area contributed by atoms with E-state index in [2.05, 4.69) is 44.3 Å². The Morgan fingerprint density at radius 1 is 1.37 bits per heavy atom. The van der Waals surface area contributed by atoms with Crippen LogP contribution in [-0.4, -0.2) is 29.5 Å². The molecule has 0 amide bonds. The van der Waals surface area contributed by atoms with Crippen molar-refractivity contribution in [3.05, 3.63) is 29.3 Å². The maximum Gasteiger partial charge on any atom is 0.0624 e. The summed E-state index contributed by atoms with van der Waals surface area (Å²) in [7, 11) is 0. The molecule has 106 valence electrons. The van der Waals surface area contributed by atoms with E-state index < -0.39 is 0 Å². The van der Waals surface area contributed by atoms with Crippen molar-refractivity contribution in [1.82, 2.24) is 5.32 Å². The summed E-state index contributed by atoms with van der Waals surface area (Å²) in [5, 5.41) is 13.4. The Morgan fingerprint density at radius 3 is 2.68 bits per heavy atom. The van der Waals surface area contributed by atoms with E-state index in [4.69, 9.17) is 0 Å². The van der Waals surface area contributed by atoms with Crippen LogP contribution < -0.4 is 5.32 Å². The zero-order valence-electron chi connectivity index (χ0n) is 12.2. The van der Waals surface area contributed by atoms with Crippen molar-refractivity contribution in [3.8, 4) is 0 Å². The predicted octanol–water partition coefficient (Wildman–Crippen LogP) is 3.15. The van der Waals surface area contributed by atoms with Crippen LogP contribution in [0.5, 0.6) is 0 Å². The number of aryl methyl sites for hydroxylation is 2. The summed E-state index contributed by atoms with van der Waals surface area (Å²) in [6.45, 7) is 7.57. The maximum atomic E-state index is 9.84. The lowest BCUT2D eigenvalue weighted by atomic mass is 9.97. The molecular formula is C16H25NOS. The second kappa shape index (κ2) is 6.29. The quantitative estimate of drug-likeness (QED) is 0.752. The summed E-state index contributed by atoms with van der Waals surface area (Å²) < 4.78 is 0. The summed E-state index contributed by atoms with van der Waals surface area (Å²) in [5.41, 5.74) is 2.54. The standard InChI is InChI=1S/C16H25NOS/c1-4-17-16(10-18,14-7-8-14)11-19-15-9-12(2)5-6-13(15)3/h5-6,9,14,17-18H,4,7-8,10-11H2,1-3H3. The van der Waals surface area contributed by atoms with Crippen LogP contribution in [0, 0.1) is 19.8 Å². The molecule has 0 aliphatic heterocycles. The molecule has 1 fully saturated rings. The minimum absolute atomic E-state index is 0.0877. The van der Waals surface area contributed by atoms with Gasteiger partial charge in [0.15, 0.2) is 0 Å². The normalized spacial score (nSPS) is 18.3. The first-order valence-corrected chi connectivity index (χ1v) is 8.16. The number of hydrogen-bond donors (Lipinski definition) is 2. The molecule has 1 saturated carbocycles. The lowest BCUT2D eigenvalue weighted by Gasteiger charge is -2.33. The largest absolute Gasteiger partial charge is 0.394 e. The monoisotopic (exact) mass is 279 g/mol. The molecule has 0 radical (unpaired) electrons. The van der Waals surface area contributed by atoms with E-state index in [9.17, 15) is 5.11 Å². The summed E-state index contributed by atoms with van der Waals surface area (Å²) in [6, 6.07) is 6.59. The Balaban J connectivity index is 2.07. The Bertz CT molecular complexity index is 431. The minimum atomic E-state index is -0.0877. The van der Waals surface area contributed by atoms with Gasteiger partial charge in [-0.2, -0.15) is 0 Å². The van der Waals surface area contributed by atoms with Crippen molar-refractivity contribution >= 4 is 11.8 Å². The van der Waals surface area contributed by atoms with Gasteiger partial charge >= 0.3 is 0 Å². The van der Waals surface area contributed by atoms with E-state index >= 15 is 0 Å². The fourth-order valence-corrected chi connectivity index (χ4v) is 4.01. The molecule has 0 spiro atoms. The zero-order chi connectivity index (χ0) is 13.9. The van der Waals surface area contributed by atoms with Gasteiger partial charge in [-0.15, -0.1) is 11.8 Å². The Kier molecular flexibility index (Phi) is 4.93. The number of thioether (sulfide) groups is 1. The molecule has 1 aliphatic carbocycles. The van der Waals surface area contributed by atoms with Crippen LogP contribution in [0.4, 0.5) is 0 Å². The summed E-state index contributed by atoms with van der Waals surface area (Å²) in [5.74, 6) is 1.60. The van der Waals surface area contributed by atoms with Gasteiger partial charge < -0.3 is 10.4 Å². The molecule has 1 aromatic rings. The van der Waals surface area contributed by atoms with Gasteiger partial charge in [-0.1, -0.05) is 24.6 Å². The van der Waals surface area contributed by atoms with Gasteiger partial charge in [0.1, 0.15) is 0 Å². The molecule has 19 heavy (non-hydrogen) atoms. The van der Waals surface area contributed by atoms with Crippen molar-refractivity contribution < 1.29 is 5.11 Å². The summed E-state index contributed by atoms with van der Waals surface area (Å²) in [4.78, 5) is 1.34. The molecule has 1 aromatic carbocycles. The Labute approximate surface area is 121 Å². The van der Waals surface area contributed by atoms with E-state index in [1.807, 2.05) is 11.8 Å². The number of rotatable bonds is 7. The topological polar surface area (TPSA) is 32.3 Å². The number of aliphatic hydroxyl groups is 1. The molecule has 1 unspecified atom stereocenters. The SMILES string of the molecule is CCNC(CO)(CSc1cc(C)ccc1C)C1CC1. The molecule has 0 heterocycles. The maximum absolute atomic E-state index is 9.84. The molecular weight excluding hydrogens is 254 g/mol. The Hall–Kier alpha value is -0.510. The van der Waals surface area contributed by atoms with E-state index in [-0.39, 0.29) is 12.1 Å². The zero-order valence-corrected chi connectivity index (χ0v) is 13.0. The minimum Gasteiger partial charge on any atom is -0.394 e. The second-order valence-electron chi connectivity index (χ2n) is 5.68. The third kappa shape index (κ3) is 3.53. The van der Waals surface area contributed by atoms with Crippen LogP contribution >= 0.6 is 11.8 Å². The highest BCUT2D eigenvalue weighted by Crippen LogP contribution is 2.42. The third-order valence-electron chi connectivity index (χ3n) is 4.00. The molecule has 1 aliphatic rings. The van der Waals surface area contributed by atoms with Crippen LogP contribution in [0.2, 0.25) is 0 Å². The molecule has 3 heteroatoms. The van der Waals surface area contributed by atoms with Crippen molar-refractivity contribution in [1.29, 1.82) is 0 Å². The number of nitrogens with one attached hydrogen (secondary N) is 1. The number of hydrogen-bond acceptors (Lipinski definition) is 3. The van der Waals surface area contributed by atoms with Crippen molar-refractivity contribution in [2.45, 2.75) is 44.0 Å². The summed E-state index contributed by atoms with van der Waals surface area (Å²) >= 11 is 1.88. The van der Waals surface area contributed by atoms with E-state index in [0.29, 0.717) is 5.92 Å². The third-order valence-corrected chi connectivity index (χ3v) is 5.41.